The number of H-pyrrole nitrogens is 1. The fourth-order valence-electron chi connectivity index (χ4n) is 1.28. The lowest BCUT2D eigenvalue weighted by Gasteiger charge is -2.05. The van der Waals surface area contributed by atoms with Gasteiger partial charge in [0.05, 0.1) is 5.02 Å². The van der Waals surface area contributed by atoms with Crippen LogP contribution in [0.4, 0.5) is 10.2 Å². The number of imidazole rings is 1. The first-order valence-electron chi connectivity index (χ1n) is 4.79. The molecule has 2 heterocycles. The van der Waals surface area contributed by atoms with Gasteiger partial charge in [0.15, 0.2) is 11.6 Å². The highest BCUT2D eigenvalue weighted by molar-refractivity contribution is 6.30. The smallest absolute Gasteiger partial charge is 0.166 e. The third-order valence-electron chi connectivity index (χ3n) is 2.02. The molecule has 84 valence electrons. The van der Waals surface area contributed by atoms with Crippen LogP contribution in [0.25, 0.3) is 0 Å². The van der Waals surface area contributed by atoms with E-state index < -0.39 is 5.82 Å². The number of anilines is 1. The van der Waals surface area contributed by atoms with Gasteiger partial charge in [-0.25, -0.2) is 14.4 Å². The standard InChI is InChI=1S/C10H10ClFN4/c11-7-5-8(12)10(16-6-7)15-2-1-9-13-3-4-14-9/h3-6H,1-2H2,(H,13,14)(H,15,16). The van der Waals surface area contributed by atoms with E-state index in [0.29, 0.717) is 13.0 Å². The first-order valence-corrected chi connectivity index (χ1v) is 5.16. The molecule has 0 bridgehead atoms. The average Bonchev–Trinajstić information content (AvgIpc) is 2.74. The molecular formula is C10H10ClFN4. The maximum Gasteiger partial charge on any atom is 0.166 e. The number of aromatic nitrogens is 3. The van der Waals surface area contributed by atoms with Gasteiger partial charge in [0.2, 0.25) is 0 Å². The Morgan fingerprint density at radius 2 is 2.31 bits per heavy atom. The zero-order chi connectivity index (χ0) is 11.4. The fourth-order valence-corrected chi connectivity index (χ4v) is 1.42. The summed E-state index contributed by atoms with van der Waals surface area (Å²) in [7, 11) is 0. The molecule has 0 amide bonds. The molecule has 16 heavy (non-hydrogen) atoms. The monoisotopic (exact) mass is 240 g/mol. The van der Waals surface area contributed by atoms with Crippen LogP contribution in [0.2, 0.25) is 5.02 Å². The molecule has 2 N–H and O–H groups in total. The van der Waals surface area contributed by atoms with Gasteiger partial charge in [0.25, 0.3) is 0 Å². The Morgan fingerprint density at radius 3 is 3.00 bits per heavy atom. The first kappa shape index (κ1) is 10.9. The molecule has 0 saturated heterocycles. The molecular weight excluding hydrogens is 231 g/mol. The van der Waals surface area contributed by atoms with Crippen LogP contribution in [0.15, 0.2) is 24.7 Å². The minimum atomic E-state index is -0.452. The lowest BCUT2D eigenvalue weighted by atomic mass is 10.4. The number of halogens is 2. The highest BCUT2D eigenvalue weighted by atomic mass is 35.5. The Morgan fingerprint density at radius 1 is 1.44 bits per heavy atom. The van der Waals surface area contributed by atoms with E-state index >= 15 is 0 Å². The van der Waals surface area contributed by atoms with Crippen LogP contribution < -0.4 is 5.32 Å². The van der Waals surface area contributed by atoms with E-state index in [1.165, 1.54) is 12.3 Å². The molecule has 0 fully saturated rings. The number of nitrogens with zero attached hydrogens (tertiary/aromatic N) is 2. The van der Waals surface area contributed by atoms with Crippen molar-refractivity contribution in [2.24, 2.45) is 0 Å². The molecule has 0 spiro atoms. The molecule has 6 heteroatoms. The van der Waals surface area contributed by atoms with Crippen molar-refractivity contribution >= 4 is 17.4 Å². The number of hydrogen-bond acceptors (Lipinski definition) is 3. The predicted octanol–water partition coefficient (Wildman–Crippen LogP) is 2.25. The van der Waals surface area contributed by atoms with Crippen LogP contribution >= 0.6 is 11.6 Å². The summed E-state index contributed by atoms with van der Waals surface area (Å²) in [6, 6.07) is 1.23. The third kappa shape index (κ3) is 2.70. The van der Waals surface area contributed by atoms with Crippen LogP contribution in [0.3, 0.4) is 0 Å². The number of rotatable bonds is 4. The van der Waals surface area contributed by atoms with E-state index in [1.807, 2.05) is 0 Å². The lowest BCUT2D eigenvalue weighted by molar-refractivity contribution is 0.624. The topological polar surface area (TPSA) is 53.6 Å². The van der Waals surface area contributed by atoms with E-state index in [1.54, 1.807) is 12.4 Å². The van der Waals surface area contributed by atoms with Crippen molar-refractivity contribution in [3.05, 3.63) is 41.3 Å². The van der Waals surface area contributed by atoms with E-state index in [2.05, 4.69) is 20.3 Å². The van der Waals surface area contributed by atoms with E-state index in [-0.39, 0.29) is 10.8 Å². The normalized spacial score (nSPS) is 10.4. The van der Waals surface area contributed by atoms with Crippen molar-refractivity contribution in [2.45, 2.75) is 6.42 Å². The highest BCUT2D eigenvalue weighted by Gasteiger charge is 2.03. The summed E-state index contributed by atoms with van der Waals surface area (Å²) in [6.07, 6.45) is 5.50. The van der Waals surface area contributed by atoms with Crippen molar-refractivity contribution in [3.63, 3.8) is 0 Å². The van der Waals surface area contributed by atoms with Gasteiger partial charge in [-0.15, -0.1) is 0 Å². The summed E-state index contributed by atoms with van der Waals surface area (Å²) >= 11 is 5.59. The molecule has 2 rings (SSSR count). The first-order chi connectivity index (χ1) is 7.75. The maximum absolute atomic E-state index is 13.3. The van der Waals surface area contributed by atoms with Crippen molar-refractivity contribution < 1.29 is 4.39 Å². The molecule has 0 atom stereocenters. The van der Waals surface area contributed by atoms with Gasteiger partial charge in [-0.1, -0.05) is 11.6 Å². The molecule has 0 unspecified atom stereocenters. The summed E-state index contributed by atoms with van der Waals surface area (Å²) < 4.78 is 13.3. The summed E-state index contributed by atoms with van der Waals surface area (Å²) in [5.41, 5.74) is 0. The van der Waals surface area contributed by atoms with Crippen molar-refractivity contribution in [1.29, 1.82) is 0 Å². The van der Waals surface area contributed by atoms with Crippen LogP contribution in [-0.4, -0.2) is 21.5 Å². The van der Waals surface area contributed by atoms with Gasteiger partial charge in [-0.2, -0.15) is 0 Å². The molecule has 0 radical (unpaired) electrons. The van der Waals surface area contributed by atoms with Crippen molar-refractivity contribution in [1.82, 2.24) is 15.0 Å². The number of aromatic amines is 1. The van der Waals surface area contributed by atoms with Gasteiger partial charge in [-0.05, 0) is 6.07 Å². The van der Waals surface area contributed by atoms with Gasteiger partial charge < -0.3 is 10.3 Å². The molecule has 0 aliphatic carbocycles. The summed E-state index contributed by atoms with van der Waals surface area (Å²) in [4.78, 5) is 10.9. The molecule has 0 aliphatic rings. The van der Waals surface area contributed by atoms with Gasteiger partial charge in [0, 0.05) is 31.6 Å². The Kier molecular flexibility index (Phi) is 3.36. The third-order valence-corrected chi connectivity index (χ3v) is 2.22. The fraction of sp³-hybridized carbons (Fsp3) is 0.200. The van der Waals surface area contributed by atoms with Crippen LogP contribution in [0, 0.1) is 5.82 Å². The minimum absolute atomic E-state index is 0.205. The van der Waals surface area contributed by atoms with Gasteiger partial charge in [-0.3, -0.25) is 0 Å². The molecule has 0 aliphatic heterocycles. The predicted molar refractivity (Wildman–Crippen MR) is 60.0 cm³/mol. The van der Waals surface area contributed by atoms with Crippen LogP contribution in [0.1, 0.15) is 5.82 Å². The second-order valence-corrected chi connectivity index (χ2v) is 3.63. The Bertz CT molecular complexity index is 458. The second-order valence-electron chi connectivity index (χ2n) is 3.20. The van der Waals surface area contributed by atoms with E-state index in [4.69, 9.17) is 11.6 Å². The summed E-state index contributed by atoms with van der Waals surface area (Å²) in [6.45, 7) is 0.555. The lowest BCUT2D eigenvalue weighted by Crippen LogP contribution is -2.08. The van der Waals surface area contributed by atoms with Gasteiger partial charge >= 0.3 is 0 Å². The molecule has 0 saturated carbocycles. The van der Waals surface area contributed by atoms with Gasteiger partial charge in [0.1, 0.15) is 5.82 Å². The van der Waals surface area contributed by atoms with Crippen molar-refractivity contribution in [3.8, 4) is 0 Å². The number of hydrogen-bond donors (Lipinski definition) is 2. The quantitative estimate of drug-likeness (QED) is 0.862. The minimum Gasteiger partial charge on any atom is -0.367 e. The highest BCUT2D eigenvalue weighted by Crippen LogP contribution is 2.15. The van der Waals surface area contributed by atoms with E-state index in [9.17, 15) is 4.39 Å². The number of pyridine rings is 1. The molecule has 0 aromatic carbocycles. The van der Waals surface area contributed by atoms with Crippen LogP contribution in [0.5, 0.6) is 0 Å². The van der Waals surface area contributed by atoms with E-state index in [0.717, 1.165) is 5.82 Å². The Hall–Kier alpha value is -1.62. The SMILES string of the molecule is Fc1cc(Cl)cnc1NCCc1ncc[nH]1. The summed E-state index contributed by atoms with van der Waals surface area (Å²) in [5, 5.41) is 3.16. The second kappa shape index (κ2) is 4.94. The zero-order valence-electron chi connectivity index (χ0n) is 8.37. The maximum atomic E-state index is 13.3. The molecule has 2 aromatic heterocycles. The Labute approximate surface area is 96.9 Å². The summed E-state index contributed by atoms with van der Waals surface area (Å²) in [5.74, 6) is 0.602. The average molecular weight is 241 g/mol. The number of nitrogens with one attached hydrogen (secondary N) is 2. The molecule has 4 nitrogen and oxygen atoms in total. The molecule has 2 aromatic rings. The Balaban J connectivity index is 1.90. The van der Waals surface area contributed by atoms with Crippen LogP contribution in [-0.2, 0) is 6.42 Å². The zero-order valence-corrected chi connectivity index (χ0v) is 9.13. The largest absolute Gasteiger partial charge is 0.367 e. The van der Waals surface area contributed by atoms with Crippen molar-refractivity contribution in [2.75, 3.05) is 11.9 Å².